The lowest BCUT2D eigenvalue weighted by atomic mass is 9.96. The fourth-order valence-corrected chi connectivity index (χ4v) is 3.68. The molecule has 2 aliphatic heterocycles. The number of hydrogen-bond donors (Lipinski definition) is 1. The molecule has 0 aromatic heterocycles. The number of carbonyl (C=O) groups excluding carboxylic acids is 1. The fraction of sp³-hybridized carbons (Fsp3) is 0.917. The van der Waals surface area contributed by atoms with Gasteiger partial charge in [0, 0.05) is 30.1 Å². The van der Waals surface area contributed by atoms with Gasteiger partial charge in [0.2, 0.25) is 5.91 Å². The molecular weight excluding hydrogens is 220 g/mol. The van der Waals surface area contributed by atoms with E-state index in [-0.39, 0.29) is 6.04 Å². The van der Waals surface area contributed by atoms with Crippen LogP contribution in [0.2, 0.25) is 0 Å². The van der Waals surface area contributed by atoms with Crippen molar-refractivity contribution in [3.05, 3.63) is 0 Å². The molecule has 92 valence electrons. The van der Waals surface area contributed by atoms with E-state index in [9.17, 15) is 4.79 Å². The number of thioether (sulfide) groups is 1. The molecule has 0 aromatic rings. The summed E-state index contributed by atoms with van der Waals surface area (Å²) in [5.74, 6) is 2.40. The van der Waals surface area contributed by atoms with E-state index in [1.807, 2.05) is 11.8 Å². The van der Waals surface area contributed by atoms with E-state index in [0.29, 0.717) is 18.0 Å². The quantitative estimate of drug-likeness (QED) is 0.756. The minimum absolute atomic E-state index is 0.0572. The van der Waals surface area contributed by atoms with Crippen molar-refractivity contribution in [3.8, 4) is 0 Å². The largest absolute Gasteiger partial charge is 0.336 e. The van der Waals surface area contributed by atoms with Gasteiger partial charge in [-0.2, -0.15) is 11.8 Å². The van der Waals surface area contributed by atoms with Crippen molar-refractivity contribution in [1.29, 1.82) is 0 Å². The Balaban J connectivity index is 2.00. The second-order valence-electron chi connectivity index (χ2n) is 4.96. The van der Waals surface area contributed by atoms with Gasteiger partial charge < -0.3 is 10.2 Å². The summed E-state index contributed by atoms with van der Waals surface area (Å²) in [6, 6.07) is 0.900. The number of rotatable bonds is 1. The SMILES string of the molecule is CC1CCCC(C)N1C(=O)C1CSCCN1. The third-order valence-corrected chi connectivity index (χ3v) is 4.73. The molecule has 2 heterocycles. The molecule has 1 N–H and O–H groups in total. The lowest BCUT2D eigenvalue weighted by Crippen LogP contribution is -2.56. The zero-order valence-corrected chi connectivity index (χ0v) is 11.1. The van der Waals surface area contributed by atoms with Crippen molar-refractivity contribution in [2.75, 3.05) is 18.1 Å². The van der Waals surface area contributed by atoms with Crippen molar-refractivity contribution < 1.29 is 4.79 Å². The van der Waals surface area contributed by atoms with Gasteiger partial charge in [-0.05, 0) is 33.1 Å². The van der Waals surface area contributed by atoms with E-state index in [1.165, 1.54) is 6.42 Å². The van der Waals surface area contributed by atoms with Crippen LogP contribution in [0.25, 0.3) is 0 Å². The molecule has 3 atom stereocenters. The summed E-state index contributed by atoms with van der Waals surface area (Å²) >= 11 is 1.89. The van der Waals surface area contributed by atoms with Crippen molar-refractivity contribution in [3.63, 3.8) is 0 Å². The first-order chi connectivity index (χ1) is 7.70. The Labute approximate surface area is 102 Å². The maximum absolute atomic E-state index is 12.4. The van der Waals surface area contributed by atoms with E-state index >= 15 is 0 Å². The van der Waals surface area contributed by atoms with Crippen molar-refractivity contribution in [1.82, 2.24) is 10.2 Å². The summed E-state index contributed by atoms with van der Waals surface area (Å²) in [7, 11) is 0. The molecule has 0 spiro atoms. The van der Waals surface area contributed by atoms with E-state index in [0.717, 1.165) is 30.9 Å². The fourth-order valence-electron chi connectivity index (χ4n) is 2.76. The molecule has 2 fully saturated rings. The highest BCUT2D eigenvalue weighted by Gasteiger charge is 2.33. The minimum Gasteiger partial charge on any atom is -0.336 e. The molecule has 2 saturated heterocycles. The van der Waals surface area contributed by atoms with E-state index < -0.39 is 0 Å². The lowest BCUT2D eigenvalue weighted by Gasteiger charge is -2.41. The van der Waals surface area contributed by atoms with Crippen LogP contribution in [0.5, 0.6) is 0 Å². The van der Waals surface area contributed by atoms with Crippen LogP contribution in [0.3, 0.4) is 0 Å². The molecule has 0 aromatic carbocycles. The van der Waals surface area contributed by atoms with E-state index in [2.05, 4.69) is 24.1 Å². The van der Waals surface area contributed by atoms with Crippen LogP contribution in [0.15, 0.2) is 0 Å². The first-order valence-electron chi connectivity index (χ1n) is 6.33. The monoisotopic (exact) mass is 242 g/mol. The summed E-state index contributed by atoms with van der Waals surface area (Å²) in [5.41, 5.74) is 0. The molecule has 3 unspecified atom stereocenters. The molecule has 0 aliphatic carbocycles. The van der Waals surface area contributed by atoms with Gasteiger partial charge in [0.05, 0.1) is 6.04 Å². The van der Waals surface area contributed by atoms with Crippen LogP contribution < -0.4 is 5.32 Å². The number of nitrogens with zero attached hydrogens (tertiary/aromatic N) is 1. The van der Waals surface area contributed by atoms with Gasteiger partial charge in [-0.25, -0.2) is 0 Å². The first kappa shape index (κ1) is 12.2. The van der Waals surface area contributed by atoms with Gasteiger partial charge in [0.15, 0.2) is 0 Å². The summed E-state index contributed by atoms with van der Waals surface area (Å²) < 4.78 is 0. The second kappa shape index (κ2) is 5.41. The number of nitrogens with one attached hydrogen (secondary N) is 1. The summed E-state index contributed by atoms with van der Waals surface area (Å²) in [4.78, 5) is 14.5. The van der Waals surface area contributed by atoms with E-state index in [1.54, 1.807) is 0 Å². The number of likely N-dealkylation sites (tertiary alicyclic amines) is 1. The smallest absolute Gasteiger partial charge is 0.241 e. The Morgan fingerprint density at radius 2 is 2.00 bits per heavy atom. The highest BCUT2D eigenvalue weighted by Crippen LogP contribution is 2.24. The third-order valence-electron chi connectivity index (χ3n) is 3.67. The molecule has 0 bridgehead atoms. The lowest BCUT2D eigenvalue weighted by molar-refractivity contribution is -0.139. The third kappa shape index (κ3) is 2.54. The zero-order valence-electron chi connectivity index (χ0n) is 10.2. The Hall–Kier alpha value is -0.220. The van der Waals surface area contributed by atoms with Gasteiger partial charge in [-0.1, -0.05) is 0 Å². The standard InChI is InChI=1S/C12H22N2OS/c1-9-4-3-5-10(2)14(9)12(15)11-8-16-7-6-13-11/h9-11,13H,3-8H2,1-2H3. The molecule has 0 saturated carbocycles. The van der Waals surface area contributed by atoms with Crippen molar-refractivity contribution in [2.45, 2.75) is 51.2 Å². The van der Waals surface area contributed by atoms with Gasteiger partial charge >= 0.3 is 0 Å². The van der Waals surface area contributed by atoms with Crippen LogP contribution >= 0.6 is 11.8 Å². The molecule has 4 heteroatoms. The van der Waals surface area contributed by atoms with Crippen LogP contribution in [-0.4, -0.2) is 47.0 Å². The van der Waals surface area contributed by atoms with Crippen LogP contribution in [0.1, 0.15) is 33.1 Å². The predicted molar refractivity (Wildman–Crippen MR) is 68.7 cm³/mol. The van der Waals surface area contributed by atoms with Crippen LogP contribution in [-0.2, 0) is 4.79 Å². The van der Waals surface area contributed by atoms with E-state index in [4.69, 9.17) is 0 Å². The Morgan fingerprint density at radius 1 is 1.31 bits per heavy atom. The Bertz CT molecular complexity index is 243. The minimum atomic E-state index is 0.0572. The topological polar surface area (TPSA) is 32.3 Å². The van der Waals surface area contributed by atoms with Gasteiger partial charge in [-0.15, -0.1) is 0 Å². The second-order valence-corrected chi connectivity index (χ2v) is 6.11. The average Bonchev–Trinajstić information content (AvgIpc) is 2.30. The molecule has 0 radical (unpaired) electrons. The number of amides is 1. The molecule has 2 aliphatic rings. The predicted octanol–water partition coefficient (Wildman–Crippen LogP) is 1.48. The highest BCUT2D eigenvalue weighted by atomic mass is 32.2. The van der Waals surface area contributed by atoms with Crippen LogP contribution in [0, 0.1) is 0 Å². The first-order valence-corrected chi connectivity index (χ1v) is 7.49. The van der Waals surface area contributed by atoms with Gasteiger partial charge in [-0.3, -0.25) is 4.79 Å². The maximum Gasteiger partial charge on any atom is 0.241 e. The Kier molecular flexibility index (Phi) is 4.14. The van der Waals surface area contributed by atoms with Gasteiger partial charge in [0.25, 0.3) is 0 Å². The molecule has 3 nitrogen and oxygen atoms in total. The molecule has 2 rings (SSSR count). The molecule has 16 heavy (non-hydrogen) atoms. The van der Waals surface area contributed by atoms with Gasteiger partial charge in [0.1, 0.15) is 0 Å². The highest BCUT2D eigenvalue weighted by molar-refractivity contribution is 7.99. The van der Waals surface area contributed by atoms with Crippen molar-refractivity contribution in [2.24, 2.45) is 0 Å². The van der Waals surface area contributed by atoms with Crippen LogP contribution in [0.4, 0.5) is 0 Å². The maximum atomic E-state index is 12.4. The normalized spacial score (nSPS) is 36.1. The molecular formula is C12H22N2OS. The molecule has 1 amide bonds. The Morgan fingerprint density at radius 3 is 2.56 bits per heavy atom. The zero-order chi connectivity index (χ0) is 11.5. The average molecular weight is 242 g/mol. The number of piperidine rings is 1. The number of hydrogen-bond acceptors (Lipinski definition) is 3. The summed E-state index contributed by atoms with van der Waals surface area (Å²) in [6.45, 7) is 5.34. The summed E-state index contributed by atoms with van der Waals surface area (Å²) in [6.07, 6.45) is 3.59. The summed E-state index contributed by atoms with van der Waals surface area (Å²) in [5, 5.41) is 3.35. The van der Waals surface area contributed by atoms with Crippen molar-refractivity contribution >= 4 is 17.7 Å². The number of carbonyl (C=O) groups is 1.